The molecule has 0 rings (SSSR count). The molecule has 0 saturated carbocycles. The summed E-state index contributed by atoms with van der Waals surface area (Å²) in [5.74, 6) is -0.137. The molecule has 34 valence electrons. The zero-order chi connectivity index (χ0) is 4.99. The maximum absolute atomic E-state index is 9.75. The first-order valence-corrected chi connectivity index (χ1v) is 2.72. The summed E-state index contributed by atoms with van der Waals surface area (Å²) in [5, 5.41) is 0. The predicted molar refractivity (Wildman–Crippen MR) is 24.7 cm³/mol. The van der Waals surface area contributed by atoms with Gasteiger partial charge in [-0.25, -0.2) is 4.79 Å². The van der Waals surface area contributed by atoms with E-state index >= 15 is 0 Å². The van der Waals surface area contributed by atoms with Crippen molar-refractivity contribution in [3.05, 3.63) is 0 Å². The van der Waals surface area contributed by atoms with E-state index in [-0.39, 0.29) is 5.88 Å². The van der Waals surface area contributed by atoms with Crippen molar-refractivity contribution in [2.24, 2.45) is 0 Å². The minimum atomic E-state index is -0.889. The van der Waals surface area contributed by atoms with Crippen LogP contribution in [0.3, 0.4) is 0 Å². The third-order valence-corrected chi connectivity index (χ3v) is 1.11. The van der Waals surface area contributed by atoms with E-state index in [1.165, 1.54) is 0 Å². The lowest BCUT2D eigenvalue weighted by molar-refractivity contribution is -0.109. The molecule has 0 amide bonds. The molecule has 0 aliphatic carbocycles. The Morgan fingerprint density at radius 2 is 2.33 bits per heavy atom. The van der Waals surface area contributed by atoms with Gasteiger partial charge >= 0.3 is 14.0 Å². The van der Waals surface area contributed by atoms with Crippen LogP contribution in [-0.2, 0) is 9.36 Å². The Hall–Kier alpha value is 0.0600. The number of alkyl halides is 1. The van der Waals surface area contributed by atoms with Crippen molar-refractivity contribution in [1.82, 2.24) is 0 Å². The number of halogens is 1. The van der Waals surface area contributed by atoms with Crippen molar-refractivity contribution >= 4 is 25.6 Å². The third kappa shape index (κ3) is 2.31. The molecular formula is C2H3ClO2P+. The van der Waals surface area contributed by atoms with Gasteiger partial charge in [-0.15, -0.1) is 11.6 Å². The van der Waals surface area contributed by atoms with E-state index < -0.39 is 14.0 Å². The summed E-state index contributed by atoms with van der Waals surface area (Å²) in [7, 11) is -0.889. The number of carbonyl (C=O) groups is 1. The highest BCUT2D eigenvalue weighted by Gasteiger charge is 2.02. The van der Waals surface area contributed by atoms with Crippen molar-refractivity contribution in [3.63, 3.8) is 0 Å². The number of hydrogen-bond acceptors (Lipinski definition) is 2. The Morgan fingerprint density at radius 3 is 2.33 bits per heavy atom. The summed E-state index contributed by atoms with van der Waals surface area (Å²) in [6.45, 7) is 0. The Morgan fingerprint density at radius 1 is 1.83 bits per heavy atom. The fourth-order valence-corrected chi connectivity index (χ4v) is 0.245. The van der Waals surface area contributed by atoms with Gasteiger partial charge in [0.2, 0.25) is 0 Å². The molecule has 0 fully saturated rings. The summed E-state index contributed by atoms with van der Waals surface area (Å²) in [5.41, 5.74) is -0.420. The van der Waals surface area contributed by atoms with Crippen LogP contribution >= 0.6 is 20.1 Å². The van der Waals surface area contributed by atoms with Crippen molar-refractivity contribution in [1.29, 1.82) is 0 Å². The van der Waals surface area contributed by atoms with Crippen LogP contribution in [0.4, 0.5) is 0 Å². The molecule has 1 atom stereocenters. The first kappa shape index (κ1) is 6.06. The van der Waals surface area contributed by atoms with Crippen LogP contribution in [0.2, 0.25) is 0 Å². The summed E-state index contributed by atoms with van der Waals surface area (Å²) in [4.78, 5) is 9.75. The lowest BCUT2D eigenvalue weighted by Gasteiger charge is -1.58. The highest BCUT2D eigenvalue weighted by molar-refractivity contribution is 7.46. The second kappa shape index (κ2) is 3.26. The van der Waals surface area contributed by atoms with Gasteiger partial charge in [0.1, 0.15) is 5.88 Å². The van der Waals surface area contributed by atoms with Gasteiger partial charge < -0.3 is 0 Å². The third-order valence-electron chi connectivity index (χ3n) is 0.235. The average Bonchev–Trinajstić information content (AvgIpc) is 1.65. The SMILES string of the molecule is O=[PH+]C(=O)CCl. The second-order valence-electron chi connectivity index (χ2n) is 0.659. The van der Waals surface area contributed by atoms with Crippen LogP contribution in [0.25, 0.3) is 0 Å². The van der Waals surface area contributed by atoms with E-state index in [1.807, 2.05) is 0 Å². The molecule has 0 heterocycles. The number of rotatable bonds is 2. The quantitative estimate of drug-likeness (QED) is 0.404. The van der Waals surface area contributed by atoms with Gasteiger partial charge in [-0.2, -0.15) is 0 Å². The van der Waals surface area contributed by atoms with E-state index in [0.29, 0.717) is 0 Å². The minimum Gasteiger partial charge on any atom is -0.239 e. The normalized spacial score (nSPS) is 8.83. The Bertz CT molecular complexity index is 71.9. The van der Waals surface area contributed by atoms with E-state index in [0.717, 1.165) is 0 Å². The molecule has 0 N–H and O–H groups in total. The van der Waals surface area contributed by atoms with Gasteiger partial charge in [-0.1, -0.05) is 4.57 Å². The van der Waals surface area contributed by atoms with Crippen molar-refractivity contribution in [2.45, 2.75) is 0 Å². The van der Waals surface area contributed by atoms with Gasteiger partial charge in [0.25, 0.3) is 0 Å². The smallest absolute Gasteiger partial charge is 0.239 e. The van der Waals surface area contributed by atoms with E-state index in [4.69, 9.17) is 11.6 Å². The van der Waals surface area contributed by atoms with Crippen LogP contribution in [0.15, 0.2) is 0 Å². The molecule has 0 bridgehead atoms. The first-order chi connectivity index (χ1) is 2.81. The van der Waals surface area contributed by atoms with Gasteiger partial charge in [0.05, 0.1) is 0 Å². The van der Waals surface area contributed by atoms with Crippen LogP contribution < -0.4 is 0 Å². The lowest BCUT2D eigenvalue weighted by atomic mass is 10.9. The minimum absolute atomic E-state index is 0.137. The highest BCUT2D eigenvalue weighted by atomic mass is 35.5. The van der Waals surface area contributed by atoms with Crippen LogP contribution in [0.1, 0.15) is 0 Å². The molecule has 0 aromatic heterocycles. The van der Waals surface area contributed by atoms with Gasteiger partial charge in [-0.3, -0.25) is 0 Å². The topological polar surface area (TPSA) is 34.1 Å². The molecule has 0 aromatic rings. The van der Waals surface area contributed by atoms with Gasteiger partial charge in [-0.05, 0) is 0 Å². The molecule has 0 aliphatic rings. The summed E-state index contributed by atoms with van der Waals surface area (Å²) in [6, 6.07) is 0. The first-order valence-electron chi connectivity index (χ1n) is 1.28. The van der Waals surface area contributed by atoms with Crippen molar-refractivity contribution in [3.8, 4) is 0 Å². The molecule has 0 saturated heterocycles. The van der Waals surface area contributed by atoms with Crippen LogP contribution in [-0.4, -0.2) is 11.4 Å². The van der Waals surface area contributed by atoms with Crippen molar-refractivity contribution in [2.75, 3.05) is 5.88 Å². The fourth-order valence-electron chi connectivity index (χ4n) is 0.0273. The summed E-state index contributed by atoms with van der Waals surface area (Å²) >= 11 is 4.91. The fraction of sp³-hybridized carbons (Fsp3) is 0.500. The molecule has 2 nitrogen and oxygen atoms in total. The number of carbonyl (C=O) groups excluding carboxylic acids is 1. The van der Waals surface area contributed by atoms with E-state index in [2.05, 4.69) is 0 Å². The molecule has 1 unspecified atom stereocenters. The lowest BCUT2D eigenvalue weighted by Crippen LogP contribution is -1.82. The molecular weight excluding hydrogens is 122 g/mol. The molecule has 0 spiro atoms. The Kier molecular flexibility index (Phi) is 3.29. The zero-order valence-corrected chi connectivity index (χ0v) is 4.66. The maximum atomic E-state index is 9.75. The van der Waals surface area contributed by atoms with Crippen LogP contribution in [0.5, 0.6) is 0 Å². The monoisotopic (exact) mass is 125 g/mol. The molecule has 0 radical (unpaired) electrons. The zero-order valence-electron chi connectivity index (χ0n) is 2.90. The molecule has 6 heavy (non-hydrogen) atoms. The van der Waals surface area contributed by atoms with Crippen LogP contribution in [0, 0.1) is 0 Å². The number of hydrogen-bond donors (Lipinski definition) is 0. The maximum Gasteiger partial charge on any atom is 0.402 e. The van der Waals surface area contributed by atoms with E-state index in [9.17, 15) is 9.36 Å². The Labute approximate surface area is 41.7 Å². The van der Waals surface area contributed by atoms with Gasteiger partial charge in [0, 0.05) is 0 Å². The standard InChI is InChI=1S/C2H2ClO2P/c3-1-2(4)6-5/h1H2/p+1. The van der Waals surface area contributed by atoms with E-state index in [1.54, 1.807) is 0 Å². The summed E-state index contributed by atoms with van der Waals surface area (Å²) < 4.78 is 9.45. The molecule has 4 heteroatoms. The average molecular weight is 125 g/mol. The van der Waals surface area contributed by atoms with Crippen molar-refractivity contribution < 1.29 is 9.36 Å². The highest BCUT2D eigenvalue weighted by Crippen LogP contribution is 1.93. The molecule has 0 aromatic carbocycles. The van der Waals surface area contributed by atoms with Gasteiger partial charge in [0.15, 0.2) is 0 Å². The molecule has 0 aliphatic heterocycles. The Balaban J connectivity index is 3.23. The predicted octanol–water partition coefficient (Wildman–Crippen LogP) is 0.776. The largest absolute Gasteiger partial charge is 0.402 e. The summed E-state index contributed by atoms with van der Waals surface area (Å²) in [6.07, 6.45) is 0. The second-order valence-corrected chi connectivity index (χ2v) is 1.69.